The second-order valence-corrected chi connectivity index (χ2v) is 6.81. The van der Waals surface area contributed by atoms with Gasteiger partial charge in [0.2, 0.25) is 16.0 Å². The summed E-state index contributed by atoms with van der Waals surface area (Å²) >= 11 is 1.50. The molecule has 1 atom stereocenters. The fraction of sp³-hybridized carbons (Fsp3) is 0.364. The number of sulfonamides is 1. The molecule has 0 aliphatic rings. The Morgan fingerprint density at radius 2 is 2.00 bits per heavy atom. The van der Waals surface area contributed by atoms with Crippen LogP contribution in [0.3, 0.4) is 0 Å². The van der Waals surface area contributed by atoms with Gasteiger partial charge in [-0.05, 0) is 0 Å². The zero-order chi connectivity index (χ0) is 14.6. The maximum atomic E-state index is 12.1. The summed E-state index contributed by atoms with van der Waals surface area (Å²) in [5, 5.41) is 5.49. The molecule has 0 aliphatic heterocycles. The Hall–Kier alpha value is -1.58. The lowest BCUT2D eigenvalue weighted by atomic mass is 10.2. The minimum atomic E-state index is -3.60. The molecule has 0 aliphatic carbocycles. The molecule has 0 bridgehead atoms. The summed E-state index contributed by atoms with van der Waals surface area (Å²) < 4.78 is 26.7. The van der Waals surface area contributed by atoms with Gasteiger partial charge in [0.15, 0.2) is 0 Å². The van der Waals surface area contributed by atoms with Crippen molar-refractivity contribution < 1.29 is 8.42 Å². The second-order valence-electron chi connectivity index (χ2n) is 4.12. The first-order valence-corrected chi connectivity index (χ1v) is 8.28. The van der Waals surface area contributed by atoms with Gasteiger partial charge in [0.1, 0.15) is 4.90 Å². The number of hydrogen-bond donors (Lipinski definition) is 2. The molecule has 2 heterocycles. The van der Waals surface area contributed by atoms with Crippen molar-refractivity contribution in [2.24, 2.45) is 0 Å². The standard InChI is InChI=1S/C11H15N5O2S2/c1-8(10-13-3-4-19-10)5-16-20(17,18)9-6-14-11(12-2)15-7-9/h3-4,6-8,16H,5H2,1-2H3,(H,12,14,15). The highest BCUT2D eigenvalue weighted by molar-refractivity contribution is 7.89. The number of rotatable bonds is 6. The minimum absolute atomic E-state index is 0.0160. The molecule has 0 aromatic carbocycles. The van der Waals surface area contributed by atoms with Gasteiger partial charge in [-0.25, -0.2) is 28.1 Å². The third kappa shape index (κ3) is 3.50. The minimum Gasteiger partial charge on any atom is -0.357 e. The van der Waals surface area contributed by atoms with Crippen LogP contribution >= 0.6 is 11.3 Å². The molecule has 7 nitrogen and oxygen atoms in total. The van der Waals surface area contributed by atoms with Crippen LogP contribution in [-0.2, 0) is 10.0 Å². The number of thiazole rings is 1. The van der Waals surface area contributed by atoms with Gasteiger partial charge in [-0.2, -0.15) is 0 Å². The molecule has 20 heavy (non-hydrogen) atoms. The lowest BCUT2D eigenvalue weighted by Crippen LogP contribution is -2.28. The Morgan fingerprint density at radius 3 is 2.55 bits per heavy atom. The Balaban J connectivity index is 2.03. The van der Waals surface area contributed by atoms with Gasteiger partial charge >= 0.3 is 0 Å². The monoisotopic (exact) mass is 313 g/mol. The summed E-state index contributed by atoms with van der Waals surface area (Å²) in [7, 11) is -1.93. The van der Waals surface area contributed by atoms with Crippen LogP contribution in [0.25, 0.3) is 0 Å². The molecule has 2 aromatic heterocycles. The van der Waals surface area contributed by atoms with Gasteiger partial charge in [-0.3, -0.25) is 0 Å². The SMILES string of the molecule is CNc1ncc(S(=O)(=O)NCC(C)c2nccs2)cn1. The van der Waals surface area contributed by atoms with Crippen molar-refractivity contribution in [2.75, 3.05) is 18.9 Å². The van der Waals surface area contributed by atoms with Gasteiger partial charge in [0.25, 0.3) is 0 Å². The average Bonchev–Trinajstić information content (AvgIpc) is 2.99. The summed E-state index contributed by atoms with van der Waals surface area (Å²) in [5.74, 6) is 0.391. The predicted molar refractivity (Wildman–Crippen MR) is 77.3 cm³/mol. The van der Waals surface area contributed by atoms with Crippen LogP contribution < -0.4 is 10.0 Å². The normalized spacial score (nSPS) is 13.1. The summed E-state index contributed by atoms with van der Waals surface area (Å²) in [4.78, 5) is 12.0. The van der Waals surface area contributed by atoms with E-state index in [9.17, 15) is 8.42 Å². The highest BCUT2D eigenvalue weighted by Crippen LogP contribution is 2.17. The fourth-order valence-corrected chi connectivity index (χ4v) is 3.18. The maximum absolute atomic E-state index is 12.1. The molecule has 1 unspecified atom stereocenters. The number of anilines is 1. The molecule has 2 aromatic rings. The van der Waals surface area contributed by atoms with Crippen LogP contribution in [-0.4, -0.2) is 37.0 Å². The lowest BCUT2D eigenvalue weighted by Gasteiger charge is -2.10. The predicted octanol–water partition coefficient (Wildman–Crippen LogP) is 1.06. The van der Waals surface area contributed by atoms with Crippen molar-refractivity contribution in [2.45, 2.75) is 17.7 Å². The van der Waals surface area contributed by atoms with E-state index in [1.54, 1.807) is 13.2 Å². The Morgan fingerprint density at radius 1 is 1.30 bits per heavy atom. The molecule has 108 valence electrons. The second kappa shape index (κ2) is 6.25. The van der Waals surface area contributed by atoms with Crippen LogP contribution in [0.4, 0.5) is 5.95 Å². The van der Waals surface area contributed by atoms with E-state index >= 15 is 0 Å². The largest absolute Gasteiger partial charge is 0.357 e. The van der Waals surface area contributed by atoms with E-state index in [0.717, 1.165) is 5.01 Å². The molecule has 9 heteroatoms. The van der Waals surface area contributed by atoms with E-state index in [0.29, 0.717) is 5.95 Å². The third-order valence-corrected chi connectivity index (χ3v) is 5.00. The van der Waals surface area contributed by atoms with E-state index in [2.05, 4.69) is 25.0 Å². The zero-order valence-electron chi connectivity index (χ0n) is 11.1. The van der Waals surface area contributed by atoms with Crippen LogP contribution in [0.1, 0.15) is 17.8 Å². The number of aromatic nitrogens is 3. The van der Waals surface area contributed by atoms with Crippen LogP contribution in [0.15, 0.2) is 28.9 Å². The number of nitrogens with one attached hydrogen (secondary N) is 2. The van der Waals surface area contributed by atoms with Crippen LogP contribution in [0.2, 0.25) is 0 Å². The first-order valence-electron chi connectivity index (χ1n) is 5.92. The molecule has 0 amide bonds. The smallest absolute Gasteiger partial charge is 0.243 e. The number of nitrogens with zero attached hydrogens (tertiary/aromatic N) is 3. The molecular weight excluding hydrogens is 298 g/mol. The molecule has 2 rings (SSSR count). The Labute approximate surface area is 121 Å². The molecule has 0 saturated carbocycles. The van der Waals surface area contributed by atoms with Crippen molar-refractivity contribution in [3.63, 3.8) is 0 Å². The van der Waals surface area contributed by atoms with Crippen LogP contribution in [0, 0.1) is 0 Å². The van der Waals surface area contributed by atoms with Crippen molar-refractivity contribution in [3.8, 4) is 0 Å². The van der Waals surface area contributed by atoms with Gasteiger partial charge in [0.05, 0.1) is 17.4 Å². The van der Waals surface area contributed by atoms with E-state index in [1.807, 2.05) is 12.3 Å². The van der Waals surface area contributed by atoms with Crippen molar-refractivity contribution in [1.82, 2.24) is 19.7 Å². The highest BCUT2D eigenvalue weighted by Gasteiger charge is 2.17. The molecular formula is C11H15N5O2S2. The van der Waals surface area contributed by atoms with Gasteiger partial charge < -0.3 is 5.32 Å². The van der Waals surface area contributed by atoms with Gasteiger partial charge in [0, 0.05) is 31.1 Å². The van der Waals surface area contributed by atoms with Gasteiger partial charge in [-0.1, -0.05) is 6.92 Å². The maximum Gasteiger partial charge on any atom is 0.243 e. The Bertz CT molecular complexity index is 640. The number of hydrogen-bond acceptors (Lipinski definition) is 7. The molecule has 0 radical (unpaired) electrons. The lowest BCUT2D eigenvalue weighted by molar-refractivity contribution is 0.574. The Kier molecular flexibility index (Phi) is 4.63. The third-order valence-electron chi connectivity index (χ3n) is 2.61. The molecule has 0 spiro atoms. The fourth-order valence-electron chi connectivity index (χ4n) is 1.47. The summed E-state index contributed by atoms with van der Waals surface area (Å²) in [6, 6.07) is 0. The summed E-state index contributed by atoms with van der Waals surface area (Å²) in [6.45, 7) is 2.20. The average molecular weight is 313 g/mol. The molecule has 0 fully saturated rings. The summed E-state index contributed by atoms with van der Waals surface area (Å²) in [5.41, 5.74) is 0. The van der Waals surface area contributed by atoms with E-state index < -0.39 is 10.0 Å². The first-order chi connectivity index (χ1) is 9.53. The van der Waals surface area contributed by atoms with Crippen molar-refractivity contribution in [3.05, 3.63) is 29.0 Å². The van der Waals surface area contributed by atoms with E-state index in [-0.39, 0.29) is 17.4 Å². The van der Waals surface area contributed by atoms with Crippen LogP contribution in [0.5, 0.6) is 0 Å². The van der Waals surface area contributed by atoms with Crippen molar-refractivity contribution >= 4 is 27.3 Å². The van der Waals surface area contributed by atoms with E-state index in [4.69, 9.17) is 0 Å². The molecule has 0 saturated heterocycles. The van der Waals surface area contributed by atoms with Gasteiger partial charge in [-0.15, -0.1) is 11.3 Å². The zero-order valence-corrected chi connectivity index (χ0v) is 12.7. The first kappa shape index (κ1) is 14.8. The summed E-state index contributed by atoms with van der Waals surface area (Å²) in [6.07, 6.45) is 4.25. The molecule has 2 N–H and O–H groups in total. The highest BCUT2D eigenvalue weighted by atomic mass is 32.2. The van der Waals surface area contributed by atoms with Crippen molar-refractivity contribution in [1.29, 1.82) is 0 Å². The topological polar surface area (TPSA) is 96.9 Å². The van der Waals surface area contributed by atoms with E-state index in [1.165, 1.54) is 23.7 Å². The quantitative estimate of drug-likeness (QED) is 0.827.